The summed E-state index contributed by atoms with van der Waals surface area (Å²) in [5, 5.41) is 0. The number of nitrogen functional groups attached to an aromatic ring is 1. The predicted molar refractivity (Wildman–Crippen MR) is 47.1 cm³/mol. The molecule has 1 aromatic carbocycles. The highest BCUT2D eigenvalue weighted by atomic mass is 19.1. The molecule has 12 heavy (non-hydrogen) atoms. The summed E-state index contributed by atoms with van der Waals surface area (Å²) in [7, 11) is 0. The molecule has 1 aromatic rings. The van der Waals surface area contributed by atoms with Crippen LogP contribution >= 0.6 is 0 Å². The number of benzene rings is 1. The van der Waals surface area contributed by atoms with Gasteiger partial charge in [-0.1, -0.05) is 6.07 Å². The Hall–Kier alpha value is -1.25. The largest absolute Gasteiger partial charge is 0.491 e. The van der Waals surface area contributed by atoms with Gasteiger partial charge in [0.25, 0.3) is 0 Å². The van der Waals surface area contributed by atoms with Crippen LogP contribution in [-0.4, -0.2) is 13.3 Å². The quantitative estimate of drug-likeness (QED) is 0.701. The van der Waals surface area contributed by atoms with Crippen LogP contribution in [0.5, 0.6) is 5.75 Å². The summed E-state index contributed by atoms with van der Waals surface area (Å²) in [4.78, 5) is 0. The Morgan fingerprint density at radius 3 is 2.92 bits per heavy atom. The Morgan fingerprint density at radius 2 is 2.25 bits per heavy atom. The van der Waals surface area contributed by atoms with Gasteiger partial charge in [0, 0.05) is 11.3 Å². The van der Waals surface area contributed by atoms with E-state index in [9.17, 15) is 4.39 Å². The maximum atomic E-state index is 11.8. The lowest BCUT2D eigenvalue weighted by molar-refractivity contribution is 0.272. The third-order valence-corrected chi connectivity index (χ3v) is 1.66. The van der Waals surface area contributed by atoms with Gasteiger partial charge in [-0.25, -0.2) is 4.39 Å². The number of nitrogens with two attached hydrogens (primary N) is 1. The van der Waals surface area contributed by atoms with Gasteiger partial charge in [-0.15, -0.1) is 0 Å². The fourth-order valence-electron chi connectivity index (χ4n) is 0.936. The molecule has 2 nitrogen and oxygen atoms in total. The molecular formula is C9H12FNO. The predicted octanol–water partition coefficient (Wildman–Crippen LogP) is 1.93. The van der Waals surface area contributed by atoms with E-state index in [0.717, 1.165) is 5.56 Å². The van der Waals surface area contributed by atoms with E-state index in [1.54, 1.807) is 18.2 Å². The number of alkyl halides is 1. The van der Waals surface area contributed by atoms with Crippen molar-refractivity contribution in [1.29, 1.82) is 0 Å². The second-order valence-corrected chi connectivity index (χ2v) is 2.51. The smallest absolute Gasteiger partial charge is 0.124 e. The molecule has 0 aliphatic carbocycles. The van der Waals surface area contributed by atoms with Crippen LogP contribution in [0.2, 0.25) is 0 Å². The van der Waals surface area contributed by atoms with Crippen molar-refractivity contribution in [2.75, 3.05) is 19.0 Å². The highest BCUT2D eigenvalue weighted by Gasteiger charge is 2.00. The second kappa shape index (κ2) is 3.95. The first-order chi connectivity index (χ1) is 5.75. The summed E-state index contributed by atoms with van der Waals surface area (Å²) >= 11 is 0. The van der Waals surface area contributed by atoms with E-state index >= 15 is 0 Å². The zero-order chi connectivity index (χ0) is 8.97. The lowest BCUT2D eigenvalue weighted by Gasteiger charge is -2.08. The van der Waals surface area contributed by atoms with E-state index in [0.29, 0.717) is 11.4 Å². The van der Waals surface area contributed by atoms with Crippen LogP contribution in [0.4, 0.5) is 10.1 Å². The summed E-state index contributed by atoms with van der Waals surface area (Å²) < 4.78 is 16.9. The fraction of sp³-hybridized carbons (Fsp3) is 0.333. The maximum Gasteiger partial charge on any atom is 0.124 e. The average Bonchev–Trinajstić information content (AvgIpc) is 2.08. The highest BCUT2D eigenvalue weighted by molar-refractivity contribution is 5.53. The van der Waals surface area contributed by atoms with Gasteiger partial charge in [-0.2, -0.15) is 0 Å². The number of hydrogen-bond acceptors (Lipinski definition) is 2. The van der Waals surface area contributed by atoms with Gasteiger partial charge < -0.3 is 10.5 Å². The molecule has 0 spiro atoms. The van der Waals surface area contributed by atoms with Crippen LogP contribution < -0.4 is 10.5 Å². The number of hydrogen-bond donors (Lipinski definition) is 1. The molecule has 0 saturated heterocycles. The van der Waals surface area contributed by atoms with Gasteiger partial charge in [-0.3, -0.25) is 0 Å². The van der Waals surface area contributed by atoms with Crippen LogP contribution in [0.25, 0.3) is 0 Å². The Bertz CT molecular complexity index is 263. The van der Waals surface area contributed by atoms with Gasteiger partial charge in [-0.05, 0) is 19.1 Å². The summed E-state index contributed by atoms with van der Waals surface area (Å²) in [5.41, 5.74) is 7.16. The minimum atomic E-state index is -0.478. The Kier molecular flexibility index (Phi) is 2.91. The van der Waals surface area contributed by atoms with Gasteiger partial charge >= 0.3 is 0 Å². The Morgan fingerprint density at radius 1 is 1.50 bits per heavy atom. The zero-order valence-corrected chi connectivity index (χ0v) is 7.01. The van der Waals surface area contributed by atoms with E-state index in [1.165, 1.54) is 0 Å². The molecule has 1 rings (SSSR count). The molecule has 2 N–H and O–H groups in total. The third-order valence-electron chi connectivity index (χ3n) is 1.66. The molecular weight excluding hydrogens is 157 g/mol. The van der Waals surface area contributed by atoms with Crippen molar-refractivity contribution >= 4 is 5.69 Å². The van der Waals surface area contributed by atoms with Crippen LogP contribution in [0, 0.1) is 6.92 Å². The first-order valence-corrected chi connectivity index (χ1v) is 3.79. The third kappa shape index (κ3) is 1.87. The molecule has 3 heteroatoms. The SMILES string of the molecule is Cc1c(N)cccc1OCCF. The molecule has 0 atom stereocenters. The van der Waals surface area contributed by atoms with Crippen molar-refractivity contribution in [2.45, 2.75) is 6.92 Å². The van der Waals surface area contributed by atoms with Crippen molar-refractivity contribution in [3.8, 4) is 5.75 Å². The van der Waals surface area contributed by atoms with Crippen molar-refractivity contribution in [3.05, 3.63) is 23.8 Å². The molecule has 0 aliphatic heterocycles. The fourth-order valence-corrected chi connectivity index (χ4v) is 0.936. The zero-order valence-electron chi connectivity index (χ0n) is 7.01. The van der Waals surface area contributed by atoms with Crippen molar-refractivity contribution in [3.63, 3.8) is 0 Å². The number of rotatable bonds is 3. The first-order valence-electron chi connectivity index (χ1n) is 3.79. The van der Waals surface area contributed by atoms with Crippen LogP contribution in [0.1, 0.15) is 5.56 Å². The normalized spacial score (nSPS) is 9.83. The number of halogens is 1. The van der Waals surface area contributed by atoms with Gasteiger partial charge in [0.2, 0.25) is 0 Å². The molecule has 0 unspecified atom stereocenters. The highest BCUT2D eigenvalue weighted by Crippen LogP contribution is 2.22. The Labute approximate surface area is 71.1 Å². The van der Waals surface area contributed by atoms with Crippen LogP contribution in [0.3, 0.4) is 0 Å². The minimum absolute atomic E-state index is 0.0876. The summed E-state index contributed by atoms with van der Waals surface area (Å²) in [6, 6.07) is 5.36. The lowest BCUT2D eigenvalue weighted by Crippen LogP contribution is -2.01. The number of ether oxygens (including phenoxy) is 1. The van der Waals surface area contributed by atoms with E-state index in [4.69, 9.17) is 10.5 Å². The van der Waals surface area contributed by atoms with E-state index < -0.39 is 6.67 Å². The summed E-state index contributed by atoms with van der Waals surface area (Å²) in [5.74, 6) is 0.660. The van der Waals surface area contributed by atoms with Gasteiger partial charge in [0.15, 0.2) is 0 Å². The second-order valence-electron chi connectivity index (χ2n) is 2.51. The molecule has 0 aliphatic rings. The monoisotopic (exact) mass is 169 g/mol. The summed E-state index contributed by atoms with van der Waals surface area (Å²) in [6.07, 6.45) is 0. The molecule has 0 saturated carbocycles. The van der Waals surface area contributed by atoms with Gasteiger partial charge in [0.1, 0.15) is 19.0 Å². The molecule has 0 aromatic heterocycles. The molecule has 0 bridgehead atoms. The average molecular weight is 169 g/mol. The Balaban J connectivity index is 2.78. The molecule has 0 fully saturated rings. The van der Waals surface area contributed by atoms with Crippen molar-refractivity contribution in [1.82, 2.24) is 0 Å². The van der Waals surface area contributed by atoms with Crippen LogP contribution in [-0.2, 0) is 0 Å². The standard InChI is InChI=1S/C9H12FNO/c1-7-8(11)3-2-4-9(7)12-6-5-10/h2-4H,5-6,11H2,1H3. The number of anilines is 1. The molecule has 66 valence electrons. The van der Waals surface area contributed by atoms with E-state index in [2.05, 4.69) is 0 Å². The maximum absolute atomic E-state index is 11.8. The summed E-state index contributed by atoms with van der Waals surface area (Å²) in [6.45, 7) is 1.46. The van der Waals surface area contributed by atoms with E-state index in [-0.39, 0.29) is 6.61 Å². The lowest BCUT2D eigenvalue weighted by atomic mass is 10.2. The molecule has 0 radical (unpaired) electrons. The van der Waals surface area contributed by atoms with E-state index in [1.807, 2.05) is 6.92 Å². The first kappa shape index (κ1) is 8.84. The van der Waals surface area contributed by atoms with Crippen LogP contribution in [0.15, 0.2) is 18.2 Å². The minimum Gasteiger partial charge on any atom is -0.491 e. The molecule has 0 heterocycles. The van der Waals surface area contributed by atoms with Gasteiger partial charge in [0.05, 0.1) is 0 Å². The van der Waals surface area contributed by atoms with Crippen molar-refractivity contribution in [2.24, 2.45) is 0 Å². The topological polar surface area (TPSA) is 35.2 Å². The van der Waals surface area contributed by atoms with Crippen molar-refractivity contribution < 1.29 is 9.13 Å². The molecule has 0 amide bonds.